The van der Waals surface area contributed by atoms with E-state index in [0.717, 1.165) is 16.9 Å². The van der Waals surface area contributed by atoms with Crippen molar-refractivity contribution < 1.29 is 19.4 Å². The summed E-state index contributed by atoms with van der Waals surface area (Å²) >= 11 is 0. The van der Waals surface area contributed by atoms with E-state index in [2.05, 4.69) is 0 Å². The number of nitrogens with zero attached hydrogens (tertiary/aromatic N) is 1. The molecule has 0 aliphatic carbocycles. The number of aliphatic carboxylic acids is 1. The molecule has 3 rings (SSSR count). The lowest BCUT2D eigenvalue weighted by Gasteiger charge is -2.30. The Morgan fingerprint density at radius 2 is 1.67 bits per heavy atom. The van der Waals surface area contributed by atoms with Crippen molar-refractivity contribution in [3.05, 3.63) is 65.7 Å². The quantitative estimate of drug-likeness (QED) is 0.881. The summed E-state index contributed by atoms with van der Waals surface area (Å²) < 4.78 is 5.18. The van der Waals surface area contributed by atoms with E-state index < -0.39 is 17.3 Å². The second-order valence-electron chi connectivity index (χ2n) is 7.53. The van der Waals surface area contributed by atoms with Crippen molar-refractivity contribution in [2.75, 3.05) is 20.2 Å². The van der Waals surface area contributed by atoms with Crippen molar-refractivity contribution in [2.45, 2.75) is 25.2 Å². The second kappa shape index (κ2) is 7.43. The molecular weight excluding hydrogens is 342 g/mol. The van der Waals surface area contributed by atoms with E-state index in [1.54, 1.807) is 12.0 Å². The molecule has 0 radical (unpaired) electrons. The number of likely N-dealkylation sites (tertiary alicyclic amines) is 1. The standard InChI is InChI=1S/C22H25NO4/c1-22(2,16-9-11-17(27-3)12-10-16)21(26)23-13-18(19(14-23)20(24)25)15-7-5-4-6-8-15/h4-12,18-19H,13-14H2,1-3H3,(H,24,25)/t18-,19-/m0/s1. The number of hydrogen-bond donors (Lipinski definition) is 1. The highest BCUT2D eigenvalue weighted by Crippen LogP contribution is 2.36. The van der Waals surface area contributed by atoms with E-state index in [1.165, 1.54) is 0 Å². The van der Waals surface area contributed by atoms with Crippen LogP contribution in [-0.4, -0.2) is 42.1 Å². The molecule has 2 atom stereocenters. The highest BCUT2D eigenvalue weighted by atomic mass is 16.5. The van der Waals surface area contributed by atoms with Crippen LogP contribution in [0.5, 0.6) is 5.75 Å². The van der Waals surface area contributed by atoms with Gasteiger partial charge in [0.1, 0.15) is 5.75 Å². The van der Waals surface area contributed by atoms with Gasteiger partial charge in [-0.3, -0.25) is 9.59 Å². The van der Waals surface area contributed by atoms with E-state index in [1.807, 2.05) is 68.4 Å². The van der Waals surface area contributed by atoms with Gasteiger partial charge in [-0.15, -0.1) is 0 Å². The molecule has 1 N–H and O–H groups in total. The monoisotopic (exact) mass is 367 g/mol. The van der Waals surface area contributed by atoms with E-state index in [9.17, 15) is 14.7 Å². The largest absolute Gasteiger partial charge is 0.497 e. The molecule has 1 fully saturated rings. The Balaban J connectivity index is 1.84. The fraction of sp³-hybridized carbons (Fsp3) is 0.364. The molecule has 5 heteroatoms. The molecule has 5 nitrogen and oxygen atoms in total. The molecule has 1 aliphatic rings. The normalized spacial score (nSPS) is 19.7. The van der Waals surface area contributed by atoms with Gasteiger partial charge in [0.05, 0.1) is 18.4 Å². The van der Waals surface area contributed by atoms with Gasteiger partial charge >= 0.3 is 5.97 Å². The molecular formula is C22H25NO4. The first-order valence-corrected chi connectivity index (χ1v) is 9.06. The molecule has 2 aromatic carbocycles. The molecule has 1 saturated heterocycles. The number of benzene rings is 2. The summed E-state index contributed by atoms with van der Waals surface area (Å²) in [6, 6.07) is 17.0. The molecule has 0 bridgehead atoms. The van der Waals surface area contributed by atoms with Gasteiger partial charge in [-0.05, 0) is 37.1 Å². The van der Waals surface area contributed by atoms with Crippen LogP contribution in [0.25, 0.3) is 0 Å². The molecule has 0 saturated carbocycles. The average Bonchev–Trinajstić information content (AvgIpc) is 3.13. The SMILES string of the molecule is COc1ccc(C(C)(C)C(=O)N2C[C@H](C(=O)O)[C@H](c3ccccc3)C2)cc1. The van der Waals surface area contributed by atoms with Crippen LogP contribution in [0.15, 0.2) is 54.6 Å². The lowest BCUT2D eigenvalue weighted by molar-refractivity contribution is -0.142. The maximum atomic E-state index is 13.3. The van der Waals surface area contributed by atoms with Gasteiger partial charge < -0.3 is 14.7 Å². The molecule has 1 heterocycles. The third kappa shape index (κ3) is 3.68. The minimum atomic E-state index is -0.860. The highest BCUT2D eigenvalue weighted by molar-refractivity contribution is 5.88. The Morgan fingerprint density at radius 1 is 1.04 bits per heavy atom. The Labute approximate surface area is 159 Å². The molecule has 1 aliphatic heterocycles. The second-order valence-corrected chi connectivity index (χ2v) is 7.53. The molecule has 0 unspecified atom stereocenters. The predicted molar refractivity (Wildman–Crippen MR) is 103 cm³/mol. The van der Waals surface area contributed by atoms with Crippen LogP contribution in [0.2, 0.25) is 0 Å². The lowest BCUT2D eigenvalue weighted by Crippen LogP contribution is -2.42. The Hall–Kier alpha value is -2.82. The number of carboxylic acid groups (broad SMARTS) is 1. The first kappa shape index (κ1) is 19.0. The van der Waals surface area contributed by atoms with Crippen molar-refractivity contribution in [2.24, 2.45) is 5.92 Å². The summed E-state index contributed by atoms with van der Waals surface area (Å²) in [5.41, 5.74) is 1.09. The lowest BCUT2D eigenvalue weighted by atomic mass is 9.83. The van der Waals surface area contributed by atoms with Crippen LogP contribution >= 0.6 is 0 Å². The summed E-state index contributed by atoms with van der Waals surface area (Å²) in [5.74, 6) is -0.973. The van der Waals surface area contributed by atoms with Gasteiger partial charge in [-0.1, -0.05) is 42.5 Å². The zero-order valence-electron chi connectivity index (χ0n) is 15.9. The number of amides is 1. The molecule has 0 aromatic heterocycles. The fourth-order valence-electron chi connectivity index (χ4n) is 3.78. The molecule has 27 heavy (non-hydrogen) atoms. The van der Waals surface area contributed by atoms with Gasteiger partial charge in [0.2, 0.25) is 5.91 Å². The Bertz CT molecular complexity index is 814. The van der Waals surface area contributed by atoms with Gasteiger partial charge in [-0.25, -0.2) is 0 Å². The summed E-state index contributed by atoms with van der Waals surface area (Å²) in [6.07, 6.45) is 0. The summed E-state index contributed by atoms with van der Waals surface area (Å²) in [7, 11) is 1.60. The summed E-state index contributed by atoms with van der Waals surface area (Å²) in [4.78, 5) is 26.8. The molecule has 2 aromatic rings. The third-order valence-corrected chi connectivity index (χ3v) is 5.50. The van der Waals surface area contributed by atoms with Gasteiger partial charge in [0.25, 0.3) is 0 Å². The first-order chi connectivity index (χ1) is 12.8. The Morgan fingerprint density at radius 3 is 2.22 bits per heavy atom. The first-order valence-electron chi connectivity index (χ1n) is 9.06. The molecule has 1 amide bonds. The van der Waals surface area contributed by atoms with E-state index in [4.69, 9.17) is 4.74 Å². The highest BCUT2D eigenvalue weighted by Gasteiger charge is 2.44. The van der Waals surface area contributed by atoms with Gasteiger partial charge in [-0.2, -0.15) is 0 Å². The van der Waals surface area contributed by atoms with Crippen LogP contribution < -0.4 is 4.74 Å². The van der Waals surface area contributed by atoms with Crippen LogP contribution in [0.4, 0.5) is 0 Å². The van der Waals surface area contributed by atoms with Crippen molar-refractivity contribution in [3.8, 4) is 5.75 Å². The minimum absolute atomic E-state index is 0.0580. The Kier molecular flexibility index (Phi) is 5.22. The van der Waals surface area contributed by atoms with Crippen molar-refractivity contribution in [1.29, 1.82) is 0 Å². The summed E-state index contributed by atoms with van der Waals surface area (Å²) in [6.45, 7) is 4.40. The maximum Gasteiger partial charge on any atom is 0.308 e. The van der Waals surface area contributed by atoms with E-state index >= 15 is 0 Å². The van der Waals surface area contributed by atoms with Crippen molar-refractivity contribution in [3.63, 3.8) is 0 Å². The summed E-state index contributed by atoms with van der Waals surface area (Å²) in [5, 5.41) is 9.67. The van der Waals surface area contributed by atoms with E-state index in [0.29, 0.717) is 6.54 Å². The van der Waals surface area contributed by atoms with Crippen LogP contribution in [0, 0.1) is 5.92 Å². The third-order valence-electron chi connectivity index (χ3n) is 5.50. The van der Waals surface area contributed by atoms with Crippen molar-refractivity contribution >= 4 is 11.9 Å². The predicted octanol–water partition coefficient (Wildman–Crippen LogP) is 3.30. The average molecular weight is 367 g/mol. The number of methoxy groups -OCH3 is 1. The molecule has 0 spiro atoms. The van der Waals surface area contributed by atoms with Gasteiger partial charge in [0.15, 0.2) is 0 Å². The number of hydrogen-bond acceptors (Lipinski definition) is 3. The van der Waals surface area contributed by atoms with Gasteiger partial charge in [0, 0.05) is 19.0 Å². The minimum Gasteiger partial charge on any atom is -0.497 e. The number of rotatable bonds is 5. The van der Waals surface area contributed by atoms with Crippen LogP contribution in [0.1, 0.15) is 30.9 Å². The number of carboxylic acids is 1. The number of ether oxygens (including phenoxy) is 1. The van der Waals surface area contributed by atoms with E-state index in [-0.39, 0.29) is 18.4 Å². The fourth-order valence-corrected chi connectivity index (χ4v) is 3.78. The zero-order valence-corrected chi connectivity index (χ0v) is 15.9. The zero-order chi connectivity index (χ0) is 19.6. The van der Waals surface area contributed by atoms with Crippen LogP contribution in [-0.2, 0) is 15.0 Å². The maximum absolute atomic E-state index is 13.3. The smallest absolute Gasteiger partial charge is 0.308 e. The number of carbonyl (C=O) groups excluding carboxylic acids is 1. The number of carbonyl (C=O) groups is 2. The molecule has 142 valence electrons. The van der Waals surface area contributed by atoms with Crippen molar-refractivity contribution in [1.82, 2.24) is 4.90 Å². The topological polar surface area (TPSA) is 66.8 Å². The van der Waals surface area contributed by atoms with Crippen LogP contribution in [0.3, 0.4) is 0 Å².